The van der Waals surface area contributed by atoms with E-state index in [1.807, 2.05) is 47.1 Å². The summed E-state index contributed by atoms with van der Waals surface area (Å²) in [5.41, 5.74) is 1.95. The molecule has 1 fully saturated rings. The zero-order valence-corrected chi connectivity index (χ0v) is 15.9. The molecule has 0 saturated carbocycles. The Morgan fingerprint density at radius 2 is 1.74 bits per heavy atom. The molecule has 27 heavy (non-hydrogen) atoms. The van der Waals surface area contributed by atoms with E-state index in [4.69, 9.17) is 21.7 Å². The molecular formula is C18H16ClN7S. The minimum atomic E-state index is 0.723. The minimum Gasteiger partial charge on any atom is -0.352 e. The van der Waals surface area contributed by atoms with Gasteiger partial charge >= 0.3 is 0 Å². The Kier molecular flexibility index (Phi) is 4.14. The second-order valence-corrected chi connectivity index (χ2v) is 7.67. The number of piperazine rings is 1. The van der Waals surface area contributed by atoms with Gasteiger partial charge in [0, 0.05) is 43.0 Å². The first kappa shape index (κ1) is 16.5. The summed E-state index contributed by atoms with van der Waals surface area (Å²) in [5.74, 6) is 0.929. The first-order chi connectivity index (χ1) is 13.3. The van der Waals surface area contributed by atoms with Crippen molar-refractivity contribution in [1.82, 2.24) is 24.8 Å². The van der Waals surface area contributed by atoms with Crippen molar-refractivity contribution < 1.29 is 0 Å². The van der Waals surface area contributed by atoms with Crippen LogP contribution in [0.4, 0.5) is 10.9 Å². The summed E-state index contributed by atoms with van der Waals surface area (Å²) in [6.07, 6.45) is 3.66. The van der Waals surface area contributed by atoms with E-state index in [2.05, 4.69) is 20.0 Å². The number of anilines is 2. The number of rotatable bonds is 3. The third-order valence-electron chi connectivity index (χ3n) is 4.60. The van der Waals surface area contributed by atoms with Gasteiger partial charge in [-0.15, -0.1) is 10.2 Å². The fourth-order valence-electron chi connectivity index (χ4n) is 3.17. The van der Waals surface area contributed by atoms with Gasteiger partial charge in [0.05, 0.1) is 11.9 Å². The quantitative estimate of drug-likeness (QED) is 0.529. The smallest absolute Gasteiger partial charge is 0.214 e. The highest BCUT2D eigenvalue weighted by Gasteiger charge is 2.21. The van der Waals surface area contributed by atoms with E-state index in [0.717, 1.165) is 58.4 Å². The van der Waals surface area contributed by atoms with E-state index in [9.17, 15) is 0 Å². The molecule has 0 aliphatic carbocycles. The highest BCUT2D eigenvalue weighted by molar-refractivity contribution is 7.20. The number of aromatic nitrogens is 5. The Morgan fingerprint density at radius 1 is 0.963 bits per heavy atom. The van der Waals surface area contributed by atoms with Crippen molar-refractivity contribution in [3.05, 3.63) is 53.8 Å². The summed E-state index contributed by atoms with van der Waals surface area (Å²) in [7, 11) is 0. The number of hydrogen-bond donors (Lipinski definition) is 0. The predicted octanol–water partition coefficient (Wildman–Crippen LogP) is 3.23. The van der Waals surface area contributed by atoms with Crippen LogP contribution in [0.25, 0.3) is 16.2 Å². The molecule has 1 aliphatic heterocycles. The van der Waals surface area contributed by atoms with Gasteiger partial charge in [0.1, 0.15) is 0 Å². The summed E-state index contributed by atoms with van der Waals surface area (Å²) >= 11 is 7.57. The summed E-state index contributed by atoms with van der Waals surface area (Å²) in [6.45, 7) is 3.60. The molecule has 136 valence electrons. The van der Waals surface area contributed by atoms with Gasteiger partial charge in [-0.05, 0) is 24.3 Å². The molecule has 4 aromatic rings. The van der Waals surface area contributed by atoms with Crippen LogP contribution in [0.2, 0.25) is 5.02 Å². The molecule has 4 heterocycles. The average molecular weight is 398 g/mol. The van der Waals surface area contributed by atoms with Crippen LogP contribution in [0.1, 0.15) is 0 Å². The van der Waals surface area contributed by atoms with Gasteiger partial charge in [-0.1, -0.05) is 35.1 Å². The Hall–Kier alpha value is -2.71. The van der Waals surface area contributed by atoms with Gasteiger partial charge < -0.3 is 9.80 Å². The molecule has 5 rings (SSSR count). The maximum Gasteiger partial charge on any atom is 0.214 e. The van der Waals surface area contributed by atoms with Crippen LogP contribution in [0.15, 0.2) is 48.8 Å². The molecule has 0 amide bonds. The van der Waals surface area contributed by atoms with Crippen molar-refractivity contribution in [2.24, 2.45) is 0 Å². The van der Waals surface area contributed by atoms with Crippen LogP contribution in [0.5, 0.6) is 0 Å². The Bertz CT molecular complexity index is 1020. The second kappa shape index (κ2) is 6.79. The van der Waals surface area contributed by atoms with Gasteiger partial charge in [0.2, 0.25) is 10.1 Å². The van der Waals surface area contributed by atoms with Crippen molar-refractivity contribution in [1.29, 1.82) is 0 Å². The molecule has 1 aliphatic rings. The fraction of sp³-hybridized carbons (Fsp3) is 0.222. The molecule has 7 nitrogen and oxygen atoms in total. The van der Waals surface area contributed by atoms with Crippen molar-refractivity contribution >= 4 is 38.8 Å². The van der Waals surface area contributed by atoms with Crippen molar-refractivity contribution in [3.63, 3.8) is 0 Å². The highest BCUT2D eigenvalue weighted by atomic mass is 35.5. The van der Waals surface area contributed by atoms with Crippen molar-refractivity contribution in [3.8, 4) is 11.3 Å². The normalized spacial score (nSPS) is 14.9. The zero-order chi connectivity index (χ0) is 18.2. The number of benzene rings is 1. The SMILES string of the molecule is Clc1ccc(-c2cn3nc(N4CCN(c5cccnn5)CC4)sc3n2)cc1. The first-order valence-corrected chi connectivity index (χ1v) is 9.85. The fourth-order valence-corrected chi connectivity index (χ4v) is 4.23. The molecule has 0 N–H and O–H groups in total. The molecule has 1 aromatic carbocycles. The molecule has 9 heteroatoms. The lowest BCUT2D eigenvalue weighted by Crippen LogP contribution is -2.46. The van der Waals surface area contributed by atoms with E-state index in [0.29, 0.717) is 0 Å². The van der Waals surface area contributed by atoms with Gasteiger partial charge in [-0.25, -0.2) is 9.50 Å². The molecule has 3 aromatic heterocycles. The minimum absolute atomic E-state index is 0.723. The Labute approximate surface area is 164 Å². The van der Waals surface area contributed by atoms with Crippen LogP contribution in [0.3, 0.4) is 0 Å². The lowest BCUT2D eigenvalue weighted by atomic mass is 10.2. The van der Waals surface area contributed by atoms with Crippen molar-refractivity contribution in [2.45, 2.75) is 0 Å². The molecule has 0 bridgehead atoms. The first-order valence-electron chi connectivity index (χ1n) is 8.66. The summed E-state index contributed by atoms with van der Waals surface area (Å²) < 4.78 is 1.86. The second-order valence-electron chi connectivity index (χ2n) is 6.30. The van der Waals surface area contributed by atoms with Gasteiger partial charge in [0.15, 0.2) is 5.82 Å². The van der Waals surface area contributed by atoms with E-state index in [1.165, 1.54) is 0 Å². The van der Waals surface area contributed by atoms with Crippen LogP contribution in [-0.4, -0.2) is 51.0 Å². The summed E-state index contributed by atoms with van der Waals surface area (Å²) in [4.78, 5) is 10.2. The third-order valence-corrected chi connectivity index (χ3v) is 5.84. The number of halogens is 1. The van der Waals surface area contributed by atoms with Crippen LogP contribution in [0, 0.1) is 0 Å². The van der Waals surface area contributed by atoms with Crippen molar-refractivity contribution in [2.75, 3.05) is 36.0 Å². The predicted molar refractivity (Wildman–Crippen MR) is 108 cm³/mol. The maximum absolute atomic E-state index is 5.96. The standard InChI is InChI=1S/C18H16ClN7S/c19-14-5-3-13(4-6-14)15-12-26-17(21-15)27-18(23-26)25-10-8-24(9-11-25)16-2-1-7-20-22-16/h1-7,12H,8-11H2. The van der Waals surface area contributed by atoms with E-state index in [1.54, 1.807) is 17.5 Å². The zero-order valence-electron chi connectivity index (χ0n) is 14.4. The largest absolute Gasteiger partial charge is 0.352 e. The summed E-state index contributed by atoms with van der Waals surface area (Å²) in [6, 6.07) is 11.6. The third kappa shape index (κ3) is 3.22. The lowest BCUT2D eigenvalue weighted by Gasteiger charge is -2.34. The van der Waals surface area contributed by atoms with Crippen LogP contribution >= 0.6 is 22.9 Å². The number of fused-ring (bicyclic) bond motifs is 1. The topological polar surface area (TPSA) is 62.5 Å². The molecule has 0 spiro atoms. The van der Waals surface area contributed by atoms with Gasteiger partial charge in [0.25, 0.3) is 0 Å². The Balaban J connectivity index is 1.31. The van der Waals surface area contributed by atoms with Crippen LogP contribution < -0.4 is 9.80 Å². The molecule has 0 atom stereocenters. The van der Waals surface area contributed by atoms with E-state index in [-0.39, 0.29) is 0 Å². The average Bonchev–Trinajstić information content (AvgIpc) is 3.29. The van der Waals surface area contributed by atoms with Gasteiger partial charge in [-0.2, -0.15) is 5.10 Å². The Morgan fingerprint density at radius 3 is 2.44 bits per heavy atom. The monoisotopic (exact) mass is 397 g/mol. The van der Waals surface area contributed by atoms with E-state index >= 15 is 0 Å². The van der Waals surface area contributed by atoms with E-state index < -0.39 is 0 Å². The lowest BCUT2D eigenvalue weighted by molar-refractivity contribution is 0.639. The number of nitrogens with zero attached hydrogens (tertiary/aromatic N) is 7. The number of hydrogen-bond acceptors (Lipinski definition) is 7. The molecule has 0 radical (unpaired) electrons. The van der Waals surface area contributed by atoms with Gasteiger partial charge in [-0.3, -0.25) is 0 Å². The van der Waals surface area contributed by atoms with Crippen LogP contribution in [-0.2, 0) is 0 Å². The highest BCUT2D eigenvalue weighted by Crippen LogP contribution is 2.28. The molecule has 1 saturated heterocycles. The number of imidazole rings is 1. The summed E-state index contributed by atoms with van der Waals surface area (Å²) in [5, 5.41) is 14.6. The molecular weight excluding hydrogens is 382 g/mol. The molecule has 0 unspecified atom stereocenters. The maximum atomic E-state index is 5.96.